The average Bonchev–Trinajstić information content (AvgIpc) is 2.37. The Morgan fingerprint density at radius 3 is 2.68 bits per heavy atom. The van der Waals surface area contributed by atoms with Gasteiger partial charge in [0.05, 0.1) is 11.5 Å². The first-order chi connectivity index (χ1) is 8.93. The van der Waals surface area contributed by atoms with Gasteiger partial charge in [-0.15, -0.1) is 6.58 Å². The molecule has 0 aliphatic heterocycles. The molecule has 0 aliphatic rings. The maximum Gasteiger partial charge on any atom is 0.243 e. The zero-order valence-corrected chi connectivity index (χ0v) is 13.5. The van der Waals surface area contributed by atoms with Crippen LogP contribution in [0.4, 0.5) is 0 Å². The third-order valence-corrected chi connectivity index (χ3v) is 5.40. The molecule has 0 atom stereocenters. The predicted molar refractivity (Wildman–Crippen MR) is 79.7 cm³/mol. The molecule has 0 aliphatic carbocycles. The largest absolute Gasteiger partial charge is 0.383 e. The standard InChI is InChI=1S/C13H18BrNO3S/c1-4-7-15(8-9-18-3)19(16,17)12-5-6-13(14)11(2)10-12/h4-6,10H,1,7-9H2,2-3H3. The Hall–Kier alpha value is -0.690. The summed E-state index contributed by atoms with van der Waals surface area (Å²) in [5, 5.41) is 0. The van der Waals surface area contributed by atoms with E-state index in [1.54, 1.807) is 31.4 Å². The summed E-state index contributed by atoms with van der Waals surface area (Å²) in [6, 6.07) is 4.99. The van der Waals surface area contributed by atoms with E-state index in [2.05, 4.69) is 22.5 Å². The fourth-order valence-electron chi connectivity index (χ4n) is 1.57. The van der Waals surface area contributed by atoms with Gasteiger partial charge in [0, 0.05) is 24.7 Å². The second-order valence-electron chi connectivity index (χ2n) is 4.06. The van der Waals surface area contributed by atoms with Crippen LogP contribution in [0, 0.1) is 6.92 Å². The van der Waals surface area contributed by atoms with Crippen molar-refractivity contribution in [2.75, 3.05) is 26.8 Å². The van der Waals surface area contributed by atoms with E-state index in [0.717, 1.165) is 10.0 Å². The van der Waals surface area contributed by atoms with Gasteiger partial charge in [0.15, 0.2) is 0 Å². The molecule has 1 aromatic carbocycles. The number of hydrogen-bond donors (Lipinski definition) is 0. The average molecular weight is 348 g/mol. The van der Waals surface area contributed by atoms with Crippen molar-refractivity contribution in [1.29, 1.82) is 0 Å². The van der Waals surface area contributed by atoms with Gasteiger partial charge in [0.2, 0.25) is 10.0 Å². The van der Waals surface area contributed by atoms with Crippen LogP contribution in [0.15, 0.2) is 40.2 Å². The SMILES string of the molecule is C=CCN(CCOC)S(=O)(=O)c1ccc(Br)c(C)c1. The van der Waals surface area contributed by atoms with Gasteiger partial charge in [-0.05, 0) is 30.7 Å². The van der Waals surface area contributed by atoms with Crippen molar-refractivity contribution in [1.82, 2.24) is 4.31 Å². The first kappa shape index (κ1) is 16.4. The van der Waals surface area contributed by atoms with E-state index in [1.165, 1.54) is 4.31 Å². The highest BCUT2D eigenvalue weighted by Gasteiger charge is 2.23. The number of nitrogens with zero attached hydrogens (tertiary/aromatic N) is 1. The Morgan fingerprint density at radius 2 is 2.16 bits per heavy atom. The number of methoxy groups -OCH3 is 1. The first-order valence-corrected chi connectivity index (χ1v) is 8.03. The van der Waals surface area contributed by atoms with E-state index in [0.29, 0.717) is 13.2 Å². The minimum Gasteiger partial charge on any atom is -0.383 e. The zero-order valence-electron chi connectivity index (χ0n) is 11.1. The molecule has 0 bridgehead atoms. The third kappa shape index (κ3) is 4.14. The third-order valence-electron chi connectivity index (χ3n) is 2.64. The maximum absolute atomic E-state index is 12.5. The molecule has 0 amide bonds. The highest BCUT2D eigenvalue weighted by atomic mass is 79.9. The van der Waals surface area contributed by atoms with Crippen LogP contribution in [-0.4, -0.2) is 39.5 Å². The van der Waals surface area contributed by atoms with Gasteiger partial charge in [0.25, 0.3) is 0 Å². The van der Waals surface area contributed by atoms with Crippen LogP contribution in [0.2, 0.25) is 0 Å². The Labute approximate surface area is 123 Å². The minimum atomic E-state index is -3.51. The summed E-state index contributed by atoms with van der Waals surface area (Å²) in [6.07, 6.45) is 1.57. The second-order valence-corrected chi connectivity index (χ2v) is 6.85. The van der Waals surface area contributed by atoms with E-state index >= 15 is 0 Å². The normalized spacial score (nSPS) is 11.8. The van der Waals surface area contributed by atoms with Crippen molar-refractivity contribution in [3.05, 3.63) is 40.9 Å². The Bertz CT molecular complexity index is 543. The van der Waals surface area contributed by atoms with Crippen LogP contribution in [0.1, 0.15) is 5.56 Å². The molecule has 1 rings (SSSR count). The van der Waals surface area contributed by atoms with Gasteiger partial charge >= 0.3 is 0 Å². The van der Waals surface area contributed by atoms with Crippen molar-refractivity contribution in [2.24, 2.45) is 0 Å². The van der Waals surface area contributed by atoms with Crippen molar-refractivity contribution in [3.8, 4) is 0 Å². The van der Waals surface area contributed by atoms with Gasteiger partial charge in [-0.1, -0.05) is 22.0 Å². The van der Waals surface area contributed by atoms with E-state index in [4.69, 9.17) is 4.74 Å². The van der Waals surface area contributed by atoms with Crippen LogP contribution < -0.4 is 0 Å². The summed E-state index contributed by atoms with van der Waals surface area (Å²) >= 11 is 3.36. The number of sulfonamides is 1. The molecule has 0 radical (unpaired) electrons. The Balaban J connectivity index is 3.10. The highest BCUT2D eigenvalue weighted by molar-refractivity contribution is 9.10. The smallest absolute Gasteiger partial charge is 0.243 e. The molecule has 1 aromatic rings. The molecule has 19 heavy (non-hydrogen) atoms. The van der Waals surface area contributed by atoms with Gasteiger partial charge in [-0.3, -0.25) is 0 Å². The molecule has 6 heteroatoms. The number of rotatable bonds is 7. The fraction of sp³-hybridized carbons (Fsp3) is 0.385. The number of ether oxygens (including phenoxy) is 1. The molecule has 106 valence electrons. The van der Waals surface area contributed by atoms with Gasteiger partial charge < -0.3 is 4.74 Å². The van der Waals surface area contributed by atoms with Crippen LogP contribution in [-0.2, 0) is 14.8 Å². The highest BCUT2D eigenvalue weighted by Crippen LogP contribution is 2.22. The topological polar surface area (TPSA) is 46.6 Å². The summed E-state index contributed by atoms with van der Waals surface area (Å²) in [6.45, 7) is 6.37. The van der Waals surface area contributed by atoms with Gasteiger partial charge in [0.1, 0.15) is 0 Å². The predicted octanol–water partition coefficient (Wildman–Crippen LogP) is 2.58. The number of benzene rings is 1. The van der Waals surface area contributed by atoms with Gasteiger partial charge in [-0.2, -0.15) is 4.31 Å². The molecule has 0 fully saturated rings. The lowest BCUT2D eigenvalue weighted by atomic mass is 10.2. The quantitative estimate of drug-likeness (QED) is 0.712. The molecule has 0 aromatic heterocycles. The molecule has 4 nitrogen and oxygen atoms in total. The summed E-state index contributed by atoms with van der Waals surface area (Å²) in [7, 11) is -1.97. The van der Waals surface area contributed by atoms with E-state index in [-0.39, 0.29) is 11.4 Å². The van der Waals surface area contributed by atoms with Crippen molar-refractivity contribution in [2.45, 2.75) is 11.8 Å². The molecule has 0 saturated carbocycles. The molecule has 0 spiro atoms. The van der Waals surface area contributed by atoms with Crippen molar-refractivity contribution in [3.63, 3.8) is 0 Å². The lowest BCUT2D eigenvalue weighted by molar-refractivity contribution is 0.182. The van der Waals surface area contributed by atoms with Gasteiger partial charge in [-0.25, -0.2) is 8.42 Å². The summed E-state index contributed by atoms with van der Waals surface area (Å²) in [5.74, 6) is 0. The molecular weight excluding hydrogens is 330 g/mol. The minimum absolute atomic E-state index is 0.265. The number of hydrogen-bond acceptors (Lipinski definition) is 3. The Kier molecular flexibility index (Phi) is 6.19. The first-order valence-electron chi connectivity index (χ1n) is 5.79. The summed E-state index contributed by atoms with van der Waals surface area (Å²) in [4.78, 5) is 0.283. The molecule has 0 heterocycles. The van der Waals surface area contributed by atoms with E-state index in [1.807, 2.05) is 6.92 Å². The van der Waals surface area contributed by atoms with Crippen LogP contribution in [0.25, 0.3) is 0 Å². The Morgan fingerprint density at radius 1 is 1.47 bits per heavy atom. The van der Waals surface area contributed by atoms with E-state index < -0.39 is 10.0 Å². The molecule has 0 unspecified atom stereocenters. The summed E-state index contributed by atoms with van der Waals surface area (Å²) < 4.78 is 32.2. The zero-order chi connectivity index (χ0) is 14.5. The lowest BCUT2D eigenvalue weighted by Gasteiger charge is -2.20. The van der Waals surface area contributed by atoms with Crippen LogP contribution in [0.5, 0.6) is 0 Å². The number of halogens is 1. The monoisotopic (exact) mass is 347 g/mol. The maximum atomic E-state index is 12.5. The second kappa shape index (κ2) is 7.19. The molecule has 0 saturated heterocycles. The van der Waals surface area contributed by atoms with Crippen molar-refractivity contribution >= 4 is 26.0 Å². The lowest BCUT2D eigenvalue weighted by Crippen LogP contribution is -2.34. The van der Waals surface area contributed by atoms with Crippen molar-refractivity contribution < 1.29 is 13.2 Å². The molecular formula is C13H18BrNO3S. The number of aryl methyl sites for hydroxylation is 1. The fourth-order valence-corrected chi connectivity index (χ4v) is 3.30. The summed E-state index contributed by atoms with van der Waals surface area (Å²) in [5.41, 5.74) is 0.881. The molecule has 0 N–H and O–H groups in total. The van der Waals surface area contributed by atoms with E-state index in [9.17, 15) is 8.42 Å². The van der Waals surface area contributed by atoms with Crippen LogP contribution in [0.3, 0.4) is 0 Å². The van der Waals surface area contributed by atoms with Crippen LogP contribution >= 0.6 is 15.9 Å².